The van der Waals surface area contributed by atoms with E-state index in [0.717, 1.165) is 0 Å². The molecular weight excluding hydrogens is 332 g/mol. The quantitative estimate of drug-likeness (QED) is 0.292. The van der Waals surface area contributed by atoms with E-state index in [1.807, 2.05) is 24.3 Å². The fourth-order valence-electron chi connectivity index (χ4n) is 2.90. The van der Waals surface area contributed by atoms with Crippen LogP contribution >= 0.6 is 0 Å². The van der Waals surface area contributed by atoms with Crippen molar-refractivity contribution in [1.82, 2.24) is 4.98 Å². The summed E-state index contributed by atoms with van der Waals surface area (Å²) in [6, 6.07) is 19.4. The second kappa shape index (κ2) is 6.33. The second-order valence-corrected chi connectivity index (χ2v) is 5.67. The molecule has 0 fully saturated rings. The van der Waals surface area contributed by atoms with Crippen LogP contribution in [0.4, 0.5) is 5.69 Å². The molecule has 0 atom stereocenters. The molecule has 0 radical (unpaired) electrons. The largest absolute Gasteiger partial charge is 0.497 e. The van der Waals surface area contributed by atoms with E-state index in [1.54, 1.807) is 43.5 Å². The molecule has 1 heterocycles. The molecule has 6 nitrogen and oxygen atoms in total. The van der Waals surface area contributed by atoms with Crippen LogP contribution in [0.3, 0.4) is 0 Å². The first-order valence-corrected chi connectivity index (χ1v) is 7.95. The van der Waals surface area contributed by atoms with Gasteiger partial charge < -0.3 is 9.47 Å². The maximum atomic E-state index is 11.6. The van der Waals surface area contributed by atoms with Gasteiger partial charge in [-0.15, -0.1) is 0 Å². The number of aromatic nitrogens is 1. The Morgan fingerprint density at radius 1 is 0.923 bits per heavy atom. The van der Waals surface area contributed by atoms with Gasteiger partial charge in [-0.25, -0.2) is 4.98 Å². The van der Waals surface area contributed by atoms with Crippen molar-refractivity contribution < 1.29 is 14.4 Å². The van der Waals surface area contributed by atoms with Crippen molar-refractivity contribution in [2.45, 2.75) is 0 Å². The van der Waals surface area contributed by atoms with E-state index < -0.39 is 4.92 Å². The summed E-state index contributed by atoms with van der Waals surface area (Å²) in [5, 5.41) is 12.6. The zero-order valence-electron chi connectivity index (χ0n) is 13.9. The van der Waals surface area contributed by atoms with E-state index in [2.05, 4.69) is 4.98 Å². The van der Waals surface area contributed by atoms with Crippen molar-refractivity contribution in [3.05, 3.63) is 76.8 Å². The number of methoxy groups -OCH3 is 1. The number of nitro groups is 1. The standard InChI is InChI=1S/C20H14N2O4/c1-25-14-10-11-16-15(12-14)20(26-13-6-3-2-4-7-13)19-17(21-16)8-5-9-18(19)22(23)24/h2-12H,1H3. The van der Waals surface area contributed by atoms with Gasteiger partial charge in [-0.1, -0.05) is 24.3 Å². The molecule has 128 valence electrons. The Morgan fingerprint density at radius 2 is 1.73 bits per heavy atom. The minimum Gasteiger partial charge on any atom is -0.497 e. The molecule has 26 heavy (non-hydrogen) atoms. The molecule has 4 aromatic rings. The summed E-state index contributed by atoms with van der Waals surface area (Å²) in [4.78, 5) is 15.7. The van der Waals surface area contributed by atoms with Gasteiger partial charge in [0.2, 0.25) is 0 Å². The molecule has 0 aliphatic heterocycles. The summed E-state index contributed by atoms with van der Waals surface area (Å²) in [6.45, 7) is 0. The Labute approximate surface area is 148 Å². The highest BCUT2D eigenvalue weighted by Crippen LogP contribution is 2.41. The van der Waals surface area contributed by atoms with Gasteiger partial charge in [0.1, 0.15) is 16.9 Å². The summed E-state index contributed by atoms with van der Waals surface area (Å²) in [6.07, 6.45) is 0. The lowest BCUT2D eigenvalue weighted by Crippen LogP contribution is -1.96. The number of rotatable bonds is 4. The molecular formula is C20H14N2O4. The average Bonchev–Trinajstić information content (AvgIpc) is 2.67. The minimum atomic E-state index is -0.423. The van der Waals surface area contributed by atoms with Crippen molar-refractivity contribution in [3.8, 4) is 17.2 Å². The second-order valence-electron chi connectivity index (χ2n) is 5.67. The Bertz CT molecular complexity index is 1130. The highest BCUT2D eigenvalue weighted by molar-refractivity contribution is 6.05. The van der Waals surface area contributed by atoms with E-state index in [9.17, 15) is 10.1 Å². The lowest BCUT2D eigenvalue weighted by atomic mass is 10.1. The third-order valence-electron chi connectivity index (χ3n) is 4.10. The molecule has 4 rings (SSSR count). The van der Waals surface area contributed by atoms with Crippen molar-refractivity contribution in [2.24, 2.45) is 0 Å². The van der Waals surface area contributed by atoms with Gasteiger partial charge in [0.25, 0.3) is 5.69 Å². The molecule has 0 unspecified atom stereocenters. The van der Waals surface area contributed by atoms with E-state index in [4.69, 9.17) is 9.47 Å². The normalized spacial score (nSPS) is 10.8. The molecule has 0 saturated heterocycles. The Kier molecular flexibility index (Phi) is 3.85. The maximum Gasteiger partial charge on any atom is 0.282 e. The SMILES string of the molecule is COc1ccc2nc3cccc([N+](=O)[O-])c3c(Oc3ccccc3)c2c1. The van der Waals surface area contributed by atoms with Crippen molar-refractivity contribution in [3.63, 3.8) is 0 Å². The number of pyridine rings is 1. The number of non-ortho nitro benzene ring substituents is 1. The van der Waals surface area contributed by atoms with Crippen LogP contribution in [0.25, 0.3) is 21.8 Å². The Morgan fingerprint density at radius 3 is 2.46 bits per heavy atom. The molecule has 0 saturated carbocycles. The van der Waals surface area contributed by atoms with Gasteiger partial charge in [-0.05, 0) is 36.4 Å². The third-order valence-corrected chi connectivity index (χ3v) is 4.10. The number of hydrogen-bond acceptors (Lipinski definition) is 5. The molecule has 0 bridgehead atoms. The lowest BCUT2D eigenvalue weighted by Gasteiger charge is -2.13. The topological polar surface area (TPSA) is 74.5 Å². The van der Waals surface area contributed by atoms with Crippen LogP contribution in [0.15, 0.2) is 66.7 Å². The summed E-state index contributed by atoms with van der Waals surface area (Å²) < 4.78 is 11.4. The fraction of sp³-hybridized carbons (Fsp3) is 0.0500. The lowest BCUT2D eigenvalue weighted by molar-refractivity contribution is -0.383. The zero-order valence-corrected chi connectivity index (χ0v) is 13.9. The van der Waals surface area contributed by atoms with Crippen LogP contribution in [-0.4, -0.2) is 17.0 Å². The van der Waals surface area contributed by atoms with Crippen LogP contribution in [0.5, 0.6) is 17.2 Å². The summed E-state index contributed by atoms with van der Waals surface area (Å²) >= 11 is 0. The predicted octanol–water partition coefficient (Wildman–Crippen LogP) is 5.10. The summed E-state index contributed by atoms with van der Waals surface area (Å²) in [5.74, 6) is 1.60. The van der Waals surface area contributed by atoms with E-state index >= 15 is 0 Å². The fourth-order valence-corrected chi connectivity index (χ4v) is 2.90. The molecule has 0 amide bonds. The van der Waals surface area contributed by atoms with Gasteiger partial charge in [0.05, 0.1) is 23.1 Å². The van der Waals surface area contributed by atoms with Gasteiger partial charge in [0, 0.05) is 11.5 Å². The highest BCUT2D eigenvalue weighted by Gasteiger charge is 2.21. The predicted molar refractivity (Wildman–Crippen MR) is 99.0 cm³/mol. The third kappa shape index (κ3) is 2.67. The maximum absolute atomic E-state index is 11.6. The van der Waals surface area contributed by atoms with Crippen LogP contribution < -0.4 is 9.47 Å². The molecule has 6 heteroatoms. The zero-order chi connectivity index (χ0) is 18.1. The van der Waals surface area contributed by atoms with Crippen LogP contribution in [-0.2, 0) is 0 Å². The van der Waals surface area contributed by atoms with Crippen molar-refractivity contribution >= 4 is 27.5 Å². The van der Waals surface area contributed by atoms with Crippen LogP contribution in [0.1, 0.15) is 0 Å². The smallest absolute Gasteiger partial charge is 0.282 e. The van der Waals surface area contributed by atoms with Crippen LogP contribution in [0, 0.1) is 10.1 Å². The molecule has 1 aromatic heterocycles. The molecule has 0 N–H and O–H groups in total. The number of nitro benzene ring substituents is 1. The minimum absolute atomic E-state index is 0.0503. The number of para-hydroxylation sites is 1. The first-order valence-electron chi connectivity index (χ1n) is 7.95. The van der Waals surface area contributed by atoms with Gasteiger partial charge >= 0.3 is 0 Å². The van der Waals surface area contributed by atoms with Crippen molar-refractivity contribution in [1.29, 1.82) is 0 Å². The Hall–Kier alpha value is -3.67. The molecule has 0 aliphatic carbocycles. The number of benzene rings is 3. The molecule has 0 aliphatic rings. The summed E-state index contributed by atoms with van der Waals surface area (Å²) in [7, 11) is 1.57. The molecule has 3 aromatic carbocycles. The number of hydrogen-bond donors (Lipinski definition) is 0. The number of fused-ring (bicyclic) bond motifs is 2. The molecule has 0 spiro atoms. The van der Waals surface area contributed by atoms with Gasteiger partial charge in [-0.3, -0.25) is 10.1 Å². The van der Waals surface area contributed by atoms with E-state index in [0.29, 0.717) is 39.1 Å². The first-order chi connectivity index (χ1) is 12.7. The average molecular weight is 346 g/mol. The van der Waals surface area contributed by atoms with Gasteiger partial charge in [-0.2, -0.15) is 0 Å². The van der Waals surface area contributed by atoms with E-state index in [-0.39, 0.29) is 5.69 Å². The summed E-state index contributed by atoms with van der Waals surface area (Å²) in [5.41, 5.74) is 1.12. The Balaban J connectivity index is 2.11. The van der Waals surface area contributed by atoms with E-state index in [1.165, 1.54) is 6.07 Å². The van der Waals surface area contributed by atoms with Crippen molar-refractivity contribution in [2.75, 3.05) is 7.11 Å². The van der Waals surface area contributed by atoms with Gasteiger partial charge in [0.15, 0.2) is 5.75 Å². The number of nitrogens with zero attached hydrogens (tertiary/aromatic N) is 2. The monoisotopic (exact) mass is 346 g/mol. The highest BCUT2D eigenvalue weighted by atomic mass is 16.6. The van der Waals surface area contributed by atoms with Crippen LogP contribution in [0.2, 0.25) is 0 Å². The number of ether oxygens (including phenoxy) is 2. The first kappa shape index (κ1) is 15.8.